The van der Waals surface area contributed by atoms with Crippen LogP contribution in [0.1, 0.15) is 44.1 Å². The van der Waals surface area contributed by atoms with Gasteiger partial charge in [-0.1, -0.05) is 19.8 Å². The van der Waals surface area contributed by atoms with E-state index in [1.807, 2.05) is 12.3 Å². The molecule has 1 aliphatic carbocycles. The summed E-state index contributed by atoms with van der Waals surface area (Å²) in [5.74, 6) is 1.58. The standard InChI is InChI=1S/C17H23FN2/c1-11-3-2-4-12(7-11)15(9-19)16-10-20-17-6-5-13(18)8-14(16)17/h5-6,8,10-12,15,20H,2-4,7,9,19H2,1H3. The molecule has 3 rings (SSSR count). The van der Waals surface area contributed by atoms with Crippen molar-refractivity contribution in [3.05, 3.63) is 35.8 Å². The molecule has 0 saturated heterocycles. The Hall–Kier alpha value is -1.35. The van der Waals surface area contributed by atoms with Crippen LogP contribution in [-0.4, -0.2) is 11.5 Å². The Balaban J connectivity index is 1.96. The van der Waals surface area contributed by atoms with Gasteiger partial charge in [-0.2, -0.15) is 0 Å². The molecular weight excluding hydrogens is 251 g/mol. The molecule has 1 aliphatic rings. The normalized spacial score (nSPS) is 24.9. The first-order valence-corrected chi connectivity index (χ1v) is 7.65. The topological polar surface area (TPSA) is 41.8 Å². The van der Waals surface area contributed by atoms with Gasteiger partial charge < -0.3 is 10.7 Å². The molecule has 3 heteroatoms. The molecule has 0 spiro atoms. The monoisotopic (exact) mass is 274 g/mol. The van der Waals surface area contributed by atoms with Crippen molar-refractivity contribution >= 4 is 10.9 Å². The average molecular weight is 274 g/mol. The first-order chi connectivity index (χ1) is 9.69. The van der Waals surface area contributed by atoms with E-state index in [1.54, 1.807) is 6.07 Å². The molecule has 3 N–H and O–H groups in total. The van der Waals surface area contributed by atoms with Crippen molar-refractivity contribution < 1.29 is 4.39 Å². The second-order valence-electron chi connectivity index (χ2n) is 6.31. The zero-order valence-electron chi connectivity index (χ0n) is 12.0. The summed E-state index contributed by atoms with van der Waals surface area (Å²) in [5.41, 5.74) is 8.26. The lowest BCUT2D eigenvalue weighted by Gasteiger charge is -2.32. The summed E-state index contributed by atoms with van der Waals surface area (Å²) in [6.07, 6.45) is 7.13. The van der Waals surface area contributed by atoms with Gasteiger partial charge >= 0.3 is 0 Å². The lowest BCUT2D eigenvalue weighted by Crippen LogP contribution is -2.25. The van der Waals surface area contributed by atoms with E-state index in [0.29, 0.717) is 18.4 Å². The minimum atomic E-state index is -0.175. The first-order valence-electron chi connectivity index (χ1n) is 7.65. The molecule has 3 unspecified atom stereocenters. The van der Waals surface area contributed by atoms with E-state index in [-0.39, 0.29) is 5.82 Å². The Bertz CT molecular complexity index is 590. The van der Waals surface area contributed by atoms with Crippen molar-refractivity contribution in [3.8, 4) is 0 Å². The SMILES string of the molecule is CC1CCCC(C(CN)c2c[nH]c3ccc(F)cc23)C1. The molecule has 1 saturated carbocycles. The maximum absolute atomic E-state index is 13.5. The Labute approximate surface area is 119 Å². The number of nitrogens with two attached hydrogens (primary N) is 1. The molecule has 1 aromatic heterocycles. The smallest absolute Gasteiger partial charge is 0.123 e. The van der Waals surface area contributed by atoms with Crippen LogP contribution in [0.4, 0.5) is 4.39 Å². The molecule has 0 bridgehead atoms. The molecule has 20 heavy (non-hydrogen) atoms. The van der Waals surface area contributed by atoms with Crippen LogP contribution in [0.5, 0.6) is 0 Å². The highest BCUT2D eigenvalue weighted by atomic mass is 19.1. The van der Waals surface area contributed by atoms with E-state index in [4.69, 9.17) is 5.73 Å². The Morgan fingerprint density at radius 2 is 2.25 bits per heavy atom. The average Bonchev–Trinajstić information content (AvgIpc) is 2.83. The molecular formula is C17H23FN2. The van der Waals surface area contributed by atoms with Gasteiger partial charge in [-0.05, 0) is 55.0 Å². The number of fused-ring (bicyclic) bond motifs is 1. The van der Waals surface area contributed by atoms with Crippen LogP contribution in [0.25, 0.3) is 10.9 Å². The highest BCUT2D eigenvalue weighted by molar-refractivity contribution is 5.83. The molecule has 0 radical (unpaired) electrons. The van der Waals surface area contributed by atoms with E-state index < -0.39 is 0 Å². The van der Waals surface area contributed by atoms with Gasteiger partial charge in [0.2, 0.25) is 0 Å². The Morgan fingerprint density at radius 1 is 1.40 bits per heavy atom. The number of rotatable bonds is 3. The summed E-state index contributed by atoms with van der Waals surface area (Å²) >= 11 is 0. The van der Waals surface area contributed by atoms with E-state index in [9.17, 15) is 4.39 Å². The van der Waals surface area contributed by atoms with Gasteiger partial charge in [0.15, 0.2) is 0 Å². The third-order valence-electron chi connectivity index (χ3n) is 4.88. The van der Waals surface area contributed by atoms with Crippen molar-refractivity contribution in [1.82, 2.24) is 4.98 Å². The van der Waals surface area contributed by atoms with Gasteiger partial charge in [-0.3, -0.25) is 0 Å². The molecule has 108 valence electrons. The summed E-state index contributed by atoms with van der Waals surface area (Å²) < 4.78 is 13.5. The van der Waals surface area contributed by atoms with Crippen LogP contribution in [0, 0.1) is 17.7 Å². The van der Waals surface area contributed by atoms with E-state index >= 15 is 0 Å². The highest BCUT2D eigenvalue weighted by Gasteiger charge is 2.28. The summed E-state index contributed by atoms with van der Waals surface area (Å²) in [6, 6.07) is 4.95. The summed E-state index contributed by atoms with van der Waals surface area (Å²) in [6.45, 7) is 2.97. The number of aromatic nitrogens is 1. The second-order valence-corrected chi connectivity index (χ2v) is 6.31. The van der Waals surface area contributed by atoms with Crippen molar-refractivity contribution in [2.75, 3.05) is 6.54 Å². The van der Waals surface area contributed by atoms with Gasteiger partial charge in [-0.15, -0.1) is 0 Å². The molecule has 3 atom stereocenters. The van der Waals surface area contributed by atoms with E-state index in [0.717, 1.165) is 16.8 Å². The van der Waals surface area contributed by atoms with Gasteiger partial charge in [0, 0.05) is 23.0 Å². The van der Waals surface area contributed by atoms with Crippen LogP contribution >= 0.6 is 0 Å². The summed E-state index contributed by atoms with van der Waals surface area (Å²) in [5, 5.41) is 0.999. The Kier molecular flexibility index (Phi) is 3.79. The molecule has 1 heterocycles. The van der Waals surface area contributed by atoms with Crippen LogP contribution in [0.2, 0.25) is 0 Å². The maximum atomic E-state index is 13.5. The Morgan fingerprint density at radius 3 is 3.00 bits per heavy atom. The zero-order chi connectivity index (χ0) is 14.1. The number of hydrogen-bond acceptors (Lipinski definition) is 1. The van der Waals surface area contributed by atoms with Crippen molar-refractivity contribution in [3.63, 3.8) is 0 Å². The largest absolute Gasteiger partial charge is 0.361 e. The number of H-pyrrole nitrogens is 1. The second kappa shape index (κ2) is 5.57. The van der Waals surface area contributed by atoms with Gasteiger partial charge in [0.05, 0.1) is 0 Å². The predicted molar refractivity (Wildman–Crippen MR) is 81.2 cm³/mol. The maximum Gasteiger partial charge on any atom is 0.123 e. The van der Waals surface area contributed by atoms with Crippen LogP contribution in [0.3, 0.4) is 0 Å². The fourth-order valence-corrected chi connectivity index (χ4v) is 3.84. The number of nitrogens with one attached hydrogen (secondary N) is 1. The summed E-state index contributed by atoms with van der Waals surface area (Å²) in [4.78, 5) is 3.26. The van der Waals surface area contributed by atoms with Gasteiger partial charge in [-0.25, -0.2) is 4.39 Å². The lowest BCUT2D eigenvalue weighted by atomic mass is 9.73. The van der Waals surface area contributed by atoms with Gasteiger partial charge in [0.25, 0.3) is 0 Å². The van der Waals surface area contributed by atoms with E-state index in [2.05, 4.69) is 11.9 Å². The molecule has 2 nitrogen and oxygen atoms in total. The third-order valence-corrected chi connectivity index (χ3v) is 4.88. The molecule has 0 aliphatic heterocycles. The first kappa shape index (κ1) is 13.6. The molecule has 1 aromatic carbocycles. The van der Waals surface area contributed by atoms with Crippen LogP contribution in [0.15, 0.2) is 24.4 Å². The van der Waals surface area contributed by atoms with Crippen molar-refractivity contribution in [2.24, 2.45) is 17.6 Å². The molecule has 2 aromatic rings. The molecule has 0 amide bonds. The minimum absolute atomic E-state index is 0.175. The van der Waals surface area contributed by atoms with E-state index in [1.165, 1.54) is 37.3 Å². The van der Waals surface area contributed by atoms with Crippen LogP contribution in [-0.2, 0) is 0 Å². The minimum Gasteiger partial charge on any atom is -0.361 e. The van der Waals surface area contributed by atoms with Gasteiger partial charge in [0.1, 0.15) is 5.82 Å². The van der Waals surface area contributed by atoms with Crippen molar-refractivity contribution in [1.29, 1.82) is 0 Å². The number of benzene rings is 1. The fourth-order valence-electron chi connectivity index (χ4n) is 3.84. The molecule has 1 fully saturated rings. The third kappa shape index (κ3) is 2.47. The zero-order valence-corrected chi connectivity index (χ0v) is 12.0. The predicted octanol–water partition coefficient (Wildman–Crippen LogP) is 4.18. The van der Waals surface area contributed by atoms with Crippen LogP contribution < -0.4 is 5.73 Å². The summed E-state index contributed by atoms with van der Waals surface area (Å²) in [7, 11) is 0. The fraction of sp³-hybridized carbons (Fsp3) is 0.529. The quantitative estimate of drug-likeness (QED) is 0.866. The highest BCUT2D eigenvalue weighted by Crippen LogP contribution is 2.40. The number of aromatic amines is 1. The lowest BCUT2D eigenvalue weighted by molar-refractivity contribution is 0.248. The number of halogens is 1. The number of hydrogen-bond donors (Lipinski definition) is 2. The van der Waals surface area contributed by atoms with Crippen molar-refractivity contribution in [2.45, 2.75) is 38.5 Å².